The fraction of sp³-hybridized carbons (Fsp3) is 1.00. The average molecular weight is 323 g/mol. The molecule has 0 radical (unpaired) electrons. The number of likely N-dealkylation sites (tertiary alicyclic amines) is 1. The molecular weight excluding hydrogens is 297 g/mol. The minimum absolute atomic E-state index is 0.884. The standard InChI is InChI=1S/C13H26IN/c1-2-3-4-5-6-9-13(12-14)15-10-7-8-11-15/h13H,2-12H2,1H3. The normalized spacial score (nSPS) is 19.6. The molecule has 1 saturated heterocycles. The van der Waals surface area contributed by atoms with Crippen LogP contribution in [0.25, 0.3) is 0 Å². The van der Waals surface area contributed by atoms with Gasteiger partial charge in [-0.05, 0) is 32.4 Å². The second kappa shape index (κ2) is 8.80. The Kier molecular flexibility index (Phi) is 8.07. The van der Waals surface area contributed by atoms with Gasteiger partial charge in [0.15, 0.2) is 0 Å². The summed E-state index contributed by atoms with van der Waals surface area (Å²) >= 11 is 2.57. The number of unbranched alkanes of at least 4 members (excludes halogenated alkanes) is 4. The van der Waals surface area contributed by atoms with Crippen LogP contribution < -0.4 is 0 Å². The predicted octanol–water partition coefficient (Wildman–Crippen LogP) is 4.25. The van der Waals surface area contributed by atoms with Crippen molar-refractivity contribution >= 4 is 22.6 Å². The molecule has 1 nitrogen and oxygen atoms in total. The molecule has 0 aromatic carbocycles. The van der Waals surface area contributed by atoms with E-state index < -0.39 is 0 Å². The van der Waals surface area contributed by atoms with Crippen molar-refractivity contribution in [3.05, 3.63) is 0 Å². The highest BCUT2D eigenvalue weighted by Gasteiger charge is 2.19. The topological polar surface area (TPSA) is 3.24 Å². The van der Waals surface area contributed by atoms with Crippen molar-refractivity contribution in [1.82, 2.24) is 4.90 Å². The van der Waals surface area contributed by atoms with Crippen LogP contribution in [0.2, 0.25) is 0 Å². The summed E-state index contributed by atoms with van der Waals surface area (Å²) in [6, 6.07) is 0.884. The van der Waals surface area contributed by atoms with Crippen molar-refractivity contribution in [2.45, 2.75) is 64.3 Å². The van der Waals surface area contributed by atoms with Crippen LogP contribution in [-0.2, 0) is 0 Å². The van der Waals surface area contributed by atoms with Crippen LogP contribution in [0.1, 0.15) is 58.3 Å². The van der Waals surface area contributed by atoms with Crippen molar-refractivity contribution in [2.75, 3.05) is 17.5 Å². The first-order chi connectivity index (χ1) is 7.38. The Labute approximate surface area is 109 Å². The monoisotopic (exact) mass is 323 g/mol. The van der Waals surface area contributed by atoms with Gasteiger partial charge in [-0.25, -0.2) is 0 Å². The van der Waals surface area contributed by atoms with Crippen LogP contribution in [0.3, 0.4) is 0 Å². The first-order valence-corrected chi connectivity index (χ1v) is 8.21. The molecule has 1 atom stereocenters. The van der Waals surface area contributed by atoms with Crippen LogP contribution in [0, 0.1) is 0 Å². The highest BCUT2D eigenvalue weighted by Crippen LogP contribution is 2.18. The summed E-state index contributed by atoms with van der Waals surface area (Å²) in [6.45, 7) is 5.02. The third kappa shape index (κ3) is 5.53. The minimum Gasteiger partial charge on any atom is -0.300 e. The first-order valence-electron chi connectivity index (χ1n) is 6.68. The molecule has 1 aliphatic rings. The van der Waals surface area contributed by atoms with Crippen molar-refractivity contribution in [1.29, 1.82) is 0 Å². The molecule has 0 spiro atoms. The van der Waals surface area contributed by atoms with Gasteiger partial charge in [0.2, 0.25) is 0 Å². The average Bonchev–Trinajstić information content (AvgIpc) is 2.77. The molecule has 2 heteroatoms. The highest BCUT2D eigenvalue weighted by atomic mass is 127. The zero-order chi connectivity index (χ0) is 10.9. The van der Waals surface area contributed by atoms with Gasteiger partial charge in [0, 0.05) is 10.5 Å². The van der Waals surface area contributed by atoms with E-state index in [-0.39, 0.29) is 0 Å². The first kappa shape index (κ1) is 13.8. The summed E-state index contributed by atoms with van der Waals surface area (Å²) in [5.41, 5.74) is 0. The lowest BCUT2D eigenvalue weighted by molar-refractivity contribution is 0.248. The zero-order valence-electron chi connectivity index (χ0n) is 10.2. The van der Waals surface area contributed by atoms with E-state index >= 15 is 0 Å². The highest BCUT2D eigenvalue weighted by molar-refractivity contribution is 14.1. The van der Waals surface area contributed by atoms with Gasteiger partial charge in [-0.3, -0.25) is 4.90 Å². The molecule has 1 aliphatic heterocycles. The fourth-order valence-corrected chi connectivity index (χ4v) is 3.45. The second-order valence-electron chi connectivity index (χ2n) is 4.75. The van der Waals surface area contributed by atoms with Crippen molar-refractivity contribution < 1.29 is 0 Å². The molecule has 0 aliphatic carbocycles. The lowest BCUT2D eigenvalue weighted by Gasteiger charge is -2.25. The lowest BCUT2D eigenvalue weighted by Crippen LogP contribution is -2.33. The Balaban J connectivity index is 2.05. The SMILES string of the molecule is CCCCCCCC(CI)N1CCCC1. The quantitative estimate of drug-likeness (QED) is 0.367. The van der Waals surface area contributed by atoms with Gasteiger partial charge in [0.05, 0.1) is 0 Å². The summed E-state index contributed by atoms with van der Waals surface area (Å²) < 4.78 is 1.32. The van der Waals surface area contributed by atoms with Gasteiger partial charge in [0.1, 0.15) is 0 Å². The number of halogens is 1. The summed E-state index contributed by atoms with van der Waals surface area (Å²) in [5, 5.41) is 0. The second-order valence-corrected chi connectivity index (χ2v) is 5.63. The van der Waals surface area contributed by atoms with E-state index in [9.17, 15) is 0 Å². The molecule has 1 unspecified atom stereocenters. The third-order valence-corrected chi connectivity index (χ3v) is 4.49. The van der Waals surface area contributed by atoms with E-state index in [4.69, 9.17) is 0 Å². The van der Waals surface area contributed by atoms with Crippen molar-refractivity contribution in [2.24, 2.45) is 0 Å². The van der Waals surface area contributed by atoms with Gasteiger partial charge in [0.25, 0.3) is 0 Å². The zero-order valence-corrected chi connectivity index (χ0v) is 12.3. The smallest absolute Gasteiger partial charge is 0.0185 e. The molecule has 0 bridgehead atoms. The van der Waals surface area contributed by atoms with Gasteiger partial charge in [-0.2, -0.15) is 0 Å². The summed E-state index contributed by atoms with van der Waals surface area (Å²) in [4.78, 5) is 2.71. The predicted molar refractivity (Wildman–Crippen MR) is 76.9 cm³/mol. The van der Waals surface area contributed by atoms with E-state index in [1.165, 1.54) is 68.9 Å². The van der Waals surface area contributed by atoms with Gasteiger partial charge < -0.3 is 0 Å². The van der Waals surface area contributed by atoms with Crippen LogP contribution in [0.15, 0.2) is 0 Å². The fourth-order valence-electron chi connectivity index (χ4n) is 2.45. The molecule has 0 saturated carbocycles. The maximum atomic E-state index is 2.71. The van der Waals surface area contributed by atoms with Crippen molar-refractivity contribution in [3.63, 3.8) is 0 Å². The molecule has 15 heavy (non-hydrogen) atoms. The molecule has 0 amide bonds. The van der Waals surface area contributed by atoms with E-state index in [0.717, 1.165) is 6.04 Å². The van der Waals surface area contributed by atoms with Crippen LogP contribution in [0.4, 0.5) is 0 Å². The molecular formula is C13H26IN. The van der Waals surface area contributed by atoms with E-state index in [1.807, 2.05) is 0 Å². The summed E-state index contributed by atoms with van der Waals surface area (Å²) in [7, 11) is 0. The number of rotatable bonds is 8. The molecule has 0 aromatic heterocycles. The number of nitrogens with zero attached hydrogens (tertiary/aromatic N) is 1. The maximum Gasteiger partial charge on any atom is 0.0185 e. The van der Waals surface area contributed by atoms with Crippen LogP contribution >= 0.6 is 22.6 Å². The lowest BCUT2D eigenvalue weighted by atomic mass is 10.1. The third-order valence-electron chi connectivity index (χ3n) is 3.48. The molecule has 0 aromatic rings. The van der Waals surface area contributed by atoms with E-state index in [0.29, 0.717) is 0 Å². The largest absolute Gasteiger partial charge is 0.300 e. The van der Waals surface area contributed by atoms with Gasteiger partial charge in [-0.15, -0.1) is 0 Å². The van der Waals surface area contributed by atoms with Crippen LogP contribution in [-0.4, -0.2) is 28.5 Å². The Morgan fingerprint density at radius 3 is 2.33 bits per heavy atom. The Morgan fingerprint density at radius 2 is 1.73 bits per heavy atom. The number of alkyl halides is 1. The van der Waals surface area contributed by atoms with Crippen molar-refractivity contribution in [3.8, 4) is 0 Å². The molecule has 1 rings (SSSR count). The minimum atomic E-state index is 0.884. The molecule has 1 fully saturated rings. The Morgan fingerprint density at radius 1 is 1.07 bits per heavy atom. The van der Waals surface area contributed by atoms with Gasteiger partial charge >= 0.3 is 0 Å². The Hall–Kier alpha value is 0.690. The van der Waals surface area contributed by atoms with Crippen LogP contribution in [0.5, 0.6) is 0 Å². The summed E-state index contributed by atoms with van der Waals surface area (Å²) in [5.74, 6) is 0. The van der Waals surface area contributed by atoms with E-state index in [2.05, 4.69) is 34.4 Å². The molecule has 90 valence electrons. The van der Waals surface area contributed by atoms with E-state index in [1.54, 1.807) is 0 Å². The van der Waals surface area contributed by atoms with Gasteiger partial charge in [-0.1, -0.05) is 61.6 Å². The number of hydrogen-bond acceptors (Lipinski definition) is 1. The Bertz CT molecular complexity index is 143. The number of hydrogen-bond donors (Lipinski definition) is 0. The maximum absolute atomic E-state index is 2.71. The molecule has 1 heterocycles. The summed E-state index contributed by atoms with van der Waals surface area (Å²) in [6.07, 6.45) is 11.4. The molecule has 0 N–H and O–H groups in total.